The molecule has 0 bridgehead atoms. The van der Waals surface area contributed by atoms with Crippen LogP contribution in [0, 0.1) is 5.82 Å². The van der Waals surface area contributed by atoms with E-state index in [9.17, 15) is 4.39 Å². The van der Waals surface area contributed by atoms with Crippen LogP contribution in [0.4, 0.5) is 4.39 Å². The molecule has 2 saturated heterocycles. The molecule has 2 aliphatic heterocycles. The molecule has 2 N–H and O–H groups in total. The Hall–Kier alpha value is -0.970. The minimum atomic E-state index is -0.200. The zero-order valence-electron chi connectivity index (χ0n) is 12.8. The zero-order valence-corrected chi connectivity index (χ0v) is 12.8. The van der Waals surface area contributed by atoms with Crippen molar-refractivity contribution in [2.24, 2.45) is 5.73 Å². The highest BCUT2D eigenvalue weighted by Crippen LogP contribution is 2.26. The maximum atomic E-state index is 13.0. The molecule has 0 radical (unpaired) electrons. The quantitative estimate of drug-likeness (QED) is 0.924. The van der Waals surface area contributed by atoms with Crippen LogP contribution in [0.3, 0.4) is 0 Å². The van der Waals surface area contributed by atoms with Crippen molar-refractivity contribution in [1.29, 1.82) is 0 Å². The van der Waals surface area contributed by atoms with Crippen LogP contribution in [0.5, 0.6) is 0 Å². The predicted molar refractivity (Wildman–Crippen MR) is 83.6 cm³/mol. The minimum Gasteiger partial charge on any atom is -0.323 e. The van der Waals surface area contributed by atoms with E-state index in [-0.39, 0.29) is 11.9 Å². The molecule has 21 heavy (non-hydrogen) atoms. The Bertz CT molecular complexity index is 456. The molecule has 1 aromatic carbocycles. The highest BCUT2D eigenvalue weighted by atomic mass is 19.1. The lowest BCUT2D eigenvalue weighted by atomic mass is 10.0. The Kier molecular flexibility index (Phi) is 4.57. The lowest BCUT2D eigenvalue weighted by molar-refractivity contribution is 0.191. The Balaban J connectivity index is 1.60. The van der Waals surface area contributed by atoms with Crippen molar-refractivity contribution in [1.82, 2.24) is 9.80 Å². The maximum Gasteiger partial charge on any atom is 0.123 e. The summed E-state index contributed by atoms with van der Waals surface area (Å²) in [4.78, 5) is 5.13. The van der Waals surface area contributed by atoms with Crippen LogP contribution in [0.1, 0.15) is 37.8 Å². The predicted octanol–water partition coefficient (Wildman–Crippen LogP) is 2.38. The average molecular weight is 291 g/mol. The zero-order chi connectivity index (χ0) is 14.8. The van der Waals surface area contributed by atoms with Crippen molar-refractivity contribution in [2.75, 3.05) is 26.2 Å². The van der Waals surface area contributed by atoms with Crippen molar-refractivity contribution >= 4 is 0 Å². The molecule has 2 heterocycles. The van der Waals surface area contributed by atoms with Gasteiger partial charge in [0, 0.05) is 31.2 Å². The lowest BCUT2D eigenvalue weighted by Gasteiger charge is -2.31. The third-order valence-electron chi connectivity index (χ3n) is 5.20. The van der Waals surface area contributed by atoms with Crippen LogP contribution in [-0.4, -0.2) is 48.1 Å². The largest absolute Gasteiger partial charge is 0.323 e. The number of halogens is 1. The first kappa shape index (κ1) is 14.9. The summed E-state index contributed by atoms with van der Waals surface area (Å²) in [5.74, 6) is -0.200. The van der Waals surface area contributed by atoms with E-state index in [0.29, 0.717) is 12.1 Å². The molecular formula is C17H26FN3. The van der Waals surface area contributed by atoms with Gasteiger partial charge in [-0.15, -0.1) is 0 Å². The van der Waals surface area contributed by atoms with Gasteiger partial charge >= 0.3 is 0 Å². The lowest BCUT2D eigenvalue weighted by Crippen LogP contribution is -2.42. The summed E-state index contributed by atoms with van der Waals surface area (Å²) in [5.41, 5.74) is 7.41. The van der Waals surface area contributed by atoms with E-state index < -0.39 is 0 Å². The second-order valence-electron chi connectivity index (χ2n) is 6.50. The van der Waals surface area contributed by atoms with E-state index in [2.05, 4.69) is 16.7 Å². The molecule has 2 fully saturated rings. The summed E-state index contributed by atoms with van der Waals surface area (Å²) in [7, 11) is 0. The van der Waals surface area contributed by atoms with E-state index in [4.69, 9.17) is 5.73 Å². The van der Waals surface area contributed by atoms with Crippen LogP contribution in [-0.2, 0) is 0 Å². The first-order valence-electron chi connectivity index (χ1n) is 8.14. The Morgan fingerprint density at radius 1 is 1.14 bits per heavy atom. The molecule has 3 unspecified atom stereocenters. The fourth-order valence-corrected chi connectivity index (χ4v) is 3.73. The van der Waals surface area contributed by atoms with Gasteiger partial charge in [0.2, 0.25) is 0 Å². The van der Waals surface area contributed by atoms with Crippen molar-refractivity contribution in [3.05, 3.63) is 35.6 Å². The number of rotatable bonds is 4. The molecule has 4 heteroatoms. The molecule has 2 aliphatic rings. The van der Waals surface area contributed by atoms with Gasteiger partial charge < -0.3 is 5.73 Å². The Morgan fingerprint density at radius 3 is 2.48 bits per heavy atom. The van der Waals surface area contributed by atoms with Gasteiger partial charge in [0.15, 0.2) is 0 Å². The molecule has 3 atom stereocenters. The summed E-state index contributed by atoms with van der Waals surface area (Å²) in [5, 5.41) is 0. The topological polar surface area (TPSA) is 32.5 Å². The van der Waals surface area contributed by atoms with Gasteiger partial charge in [-0.2, -0.15) is 0 Å². The number of hydrogen-bond acceptors (Lipinski definition) is 3. The summed E-state index contributed by atoms with van der Waals surface area (Å²) < 4.78 is 13.0. The van der Waals surface area contributed by atoms with Crippen molar-refractivity contribution in [3.8, 4) is 0 Å². The highest BCUT2D eigenvalue weighted by molar-refractivity contribution is 5.21. The average Bonchev–Trinajstić information content (AvgIpc) is 3.17. The summed E-state index contributed by atoms with van der Waals surface area (Å²) in [6.07, 6.45) is 3.95. The monoisotopic (exact) mass is 291 g/mol. The van der Waals surface area contributed by atoms with Crippen LogP contribution in [0.15, 0.2) is 24.3 Å². The van der Waals surface area contributed by atoms with E-state index >= 15 is 0 Å². The van der Waals surface area contributed by atoms with Gasteiger partial charge in [-0.1, -0.05) is 12.1 Å². The molecule has 0 aliphatic carbocycles. The molecule has 0 saturated carbocycles. The minimum absolute atomic E-state index is 0.0528. The third-order valence-corrected chi connectivity index (χ3v) is 5.20. The van der Waals surface area contributed by atoms with E-state index in [1.165, 1.54) is 44.5 Å². The summed E-state index contributed by atoms with van der Waals surface area (Å²) in [6.45, 7) is 6.96. The van der Waals surface area contributed by atoms with E-state index in [1.54, 1.807) is 0 Å². The molecule has 0 amide bonds. The van der Waals surface area contributed by atoms with Gasteiger partial charge in [-0.3, -0.25) is 9.80 Å². The third kappa shape index (κ3) is 3.28. The number of nitrogens with two attached hydrogens (primary N) is 1. The smallest absolute Gasteiger partial charge is 0.123 e. The molecular weight excluding hydrogens is 265 g/mol. The SMILES string of the molecule is CC(C(N)c1ccc(F)cc1)N1CCC(N2CCCC2)C1. The van der Waals surface area contributed by atoms with Gasteiger partial charge in [0.25, 0.3) is 0 Å². The van der Waals surface area contributed by atoms with Crippen LogP contribution >= 0.6 is 0 Å². The van der Waals surface area contributed by atoms with E-state index in [1.807, 2.05) is 12.1 Å². The molecule has 0 aromatic heterocycles. The van der Waals surface area contributed by atoms with Crippen molar-refractivity contribution in [2.45, 2.75) is 44.3 Å². The first-order valence-corrected chi connectivity index (χ1v) is 8.14. The van der Waals surface area contributed by atoms with Crippen molar-refractivity contribution < 1.29 is 4.39 Å². The molecule has 0 spiro atoms. The van der Waals surface area contributed by atoms with Gasteiger partial charge in [-0.25, -0.2) is 4.39 Å². The number of benzene rings is 1. The second-order valence-corrected chi connectivity index (χ2v) is 6.50. The molecule has 116 valence electrons. The highest BCUT2D eigenvalue weighted by Gasteiger charge is 2.33. The Labute approximate surface area is 126 Å². The van der Waals surface area contributed by atoms with Gasteiger partial charge in [0.05, 0.1) is 0 Å². The molecule has 3 rings (SSSR count). The van der Waals surface area contributed by atoms with Gasteiger partial charge in [-0.05, 0) is 57.0 Å². The van der Waals surface area contributed by atoms with E-state index in [0.717, 1.165) is 18.7 Å². The van der Waals surface area contributed by atoms with Crippen LogP contribution in [0.25, 0.3) is 0 Å². The molecule has 3 nitrogen and oxygen atoms in total. The fourth-order valence-electron chi connectivity index (χ4n) is 3.73. The first-order chi connectivity index (χ1) is 10.1. The van der Waals surface area contributed by atoms with Crippen LogP contribution in [0.2, 0.25) is 0 Å². The standard InChI is InChI=1S/C17H26FN3/c1-13(17(19)14-4-6-15(18)7-5-14)21-11-8-16(12-21)20-9-2-3-10-20/h4-7,13,16-17H,2-3,8-12,19H2,1H3. The number of hydrogen-bond donors (Lipinski definition) is 1. The van der Waals surface area contributed by atoms with Crippen molar-refractivity contribution in [3.63, 3.8) is 0 Å². The normalized spacial score (nSPS) is 27.1. The number of likely N-dealkylation sites (tertiary alicyclic amines) is 2. The molecule has 1 aromatic rings. The Morgan fingerprint density at radius 2 is 1.81 bits per heavy atom. The second kappa shape index (κ2) is 6.42. The number of nitrogens with zero attached hydrogens (tertiary/aromatic N) is 2. The summed E-state index contributed by atoms with van der Waals surface area (Å²) in [6, 6.07) is 7.56. The van der Waals surface area contributed by atoms with Crippen LogP contribution < -0.4 is 5.73 Å². The summed E-state index contributed by atoms with van der Waals surface area (Å²) >= 11 is 0. The maximum absolute atomic E-state index is 13.0. The fraction of sp³-hybridized carbons (Fsp3) is 0.647. The van der Waals surface area contributed by atoms with Gasteiger partial charge in [0.1, 0.15) is 5.82 Å².